The number of carbonyl (C=O) groups is 1. The molecule has 0 spiro atoms. The Hall–Kier alpha value is -1.84. The molecule has 1 saturated carbocycles. The van der Waals surface area contributed by atoms with Gasteiger partial charge in [0.25, 0.3) is 0 Å². The minimum Gasteiger partial charge on any atom is -0.290 e. The van der Waals surface area contributed by atoms with Crippen molar-refractivity contribution in [2.45, 2.75) is 30.5 Å². The topological polar surface area (TPSA) is 47.8 Å². The molecular formula is C15H13B2N3O. The van der Waals surface area contributed by atoms with Crippen molar-refractivity contribution in [3.63, 3.8) is 0 Å². The van der Waals surface area contributed by atoms with Crippen LogP contribution < -0.4 is 0 Å². The Morgan fingerprint density at radius 3 is 2.62 bits per heavy atom. The highest BCUT2D eigenvalue weighted by Crippen LogP contribution is 2.40. The smallest absolute Gasteiger partial charge is 0.217 e. The van der Waals surface area contributed by atoms with E-state index in [2.05, 4.69) is 10.1 Å². The third kappa shape index (κ3) is 2.04. The van der Waals surface area contributed by atoms with Gasteiger partial charge >= 0.3 is 0 Å². The maximum Gasteiger partial charge on any atom is 0.217 e. The van der Waals surface area contributed by atoms with E-state index in [9.17, 15) is 4.79 Å². The molecule has 0 saturated heterocycles. The summed E-state index contributed by atoms with van der Waals surface area (Å²) in [5.41, 5.74) is 1.08. The van der Waals surface area contributed by atoms with E-state index in [1.54, 1.807) is 4.68 Å². The molecule has 2 aromatic rings. The van der Waals surface area contributed by atoms with Crippen LogP contribution in [0, 0.1) is 5.92 Å². The van der Waals surface area contributed by atoms with Crippen molar-refractivity contribution in [1.29, 1.82) is 0 Å². The number of hydrogen-bond acceptors (Lipinski definition) is 3. The molecule has 1 fully saturated rings. The predicted octanol–water partition coefficient (Wildman–Crippen LogP) is 1.35. The van der Waals surface area contributed by atoms with Crippen LogP contribution in [0.15, 0.2) is 30.3 Å². The number of Topliss-reactive ketones (excluding diaryl/α,β-unsaturated/α-hetero) is 1. The maximum absolute atomic E-state index is 12.1. The first kappa shape index (κ1) is 12.9. The highest BCUT2D eigenvalue weighted by Gasteiger charge is 2.42. The molecule has 4 rings (SSSR count). The van der Waals surface area contributed by atoms with Crippen molar-refractivity contribution in [3.05, 3.63) is 47.5 Å². The minimum absolute atomic E-state index is 0.0134. The molecule has 4 radical (unpaired) electrons. The lowest BCUT2D eigenvalue weighted by Crippen LogP contribution is -2.25. The molecule has 0 amide bonds. The van der Waals surface area contributed by atoms with Crippen LogP contribution in [-0.4, -0.2) is 36.2 Å². The number of aromatic nitrogens is 3. The maximum atomic E-state index is 12.1. The van der Waals surface area contributed by atoms with Gasteiger partial charge < -0.3 is 0 Å². The van der Waals surface area contributed by atoms with Crippen LogP contribution >= 0.6 is 0 Å². The Morgan fingerprint density at radius 2 is 1.95 bits per heavy atom. The van der Waals surface area contributed by atoms with E-state index in [1.165, 1.54) is 0 Å². The number of rotatable bonds is 3. The van der Waals surface area contributed by atoms with Crippen molar-refractivity contribution in [3.8, 4) is 0 Å². The Labute approximate surface area is 125 Å². The lowest BCUT2D eigenvalue weighted by molar-refractivity contribution is 0.0957. The molecule has 1 aromatic heterocycles. The fraction of sp³-hybridized carbons (Fsp3) is 0.400. The molecule has 1 aliphatic heterocycles. The molecular weight excluding hydrogens is 260 g/mol. The van der Waals surface area contributed by atoms with Crippen LogP contribution in [0.25, 0.3) is 0 Å². The molecule has 1 unspecified atom stereocenters. The number of nitrogens with zero attached hydrogens (tertiary/aromatic N) is 3. The van der Waals surface area contributed by atoms with Crippen LogP contribution in [0.4, 0.5) is 0 Å². The summed E-state index contributed by atoms with van der Waals surface area (Å²) in [5, 5.41) is 3.36. The van der Waals surface area contributed by atoms with Crippen molar-refractivity contribution < 1.29 is 4.79 Å². The highest BCUT2D eigenvalue weighted by atomic mass is 16.1. The van der Waals surface area contributed by atoms with Gasteiger partial charge in [0.15, 0.2) is 0 Å². The van der Waals surface area contributed by atoms with Crippen molar-refractivity contribution in [2.75, 3.05) is 0 Å². The van der Waals surface area contributed by atoms with Crippen molar-refractivity contribution in [2.24, 2.45) is 5.92 Å². The Kier molecular flexibility index (Phi) is 2.65. The fourth-order valence-corrected chi connectivity index (χ4v) is 2.92. The average Bonchev–Trinajstić information content (AvgIpc) is 3.17. The summed E-state index contributed by atoms with van der Waals surface area (Å²) < 4.78 is 1.73. The number of benzene rings is 1. The lowest BCUT2D eigenvalue weighted by atomic mass is 9.52. The molecule has 2 aliphatic rings. The molecule has 1 aromatic carbocycles. The molecule has 100 valence electrons. The molecule has 4 nitrogen and oxygen atoms in total. The van der Waals surface area contributed by atoms with Gasteiger partial charge in [-0.3, -0.25) is 4.79 Å². The zero-order valence-corrected chi connectivity index (χ0v) is 11.6. The van der Waals surface area contributed by atoms with E-state index in [4.69, 9.17) is 15.7 Å². The zero-order chi connectivity index (χ0) is 14.6. The summed E-state index contributed by atoms with van der Waals surface area (Å²) in [6.07, 6.45) is 2.40. The Morgan fingerprint density at radius 1 is 1.24 bits per heavy atom. The van der Waals surface area contributed by atoms with Crippen molar-refractivity contribution in [1.82, 2.24) is 14.8 Å². The molecule has 21 heavy (non-hydrogen) atoms. The third-order valence-corrected chi connectivity index (χ3v) is 4.23. The second-order valence-electron chi connectivity index (χ2n) is 6.01. The van der Waals surface area contributed by atoms with E-state index in [0.29, 0.717) is 12.2 Å². The zero-order valence-electron chi connectivity index (χ0n) is 11.6. The molecule has 1 aliphatic carbocycles. The van der Waals surface area contributed by atoms with E-state index < -0.39 is 5.21 Å². The van der Waals surface area contributed by atoms with Gasteiger partial charge in [0.1, 0.15) is 5.82 Å². The highest BCUT2D eigenvalue weighted by molar-refractivity contribution is 6.40. The van der Waals surface area contributed by atoms with Crippen LogP contribution in [0.3, 0.4) is 0 Å². The Balaban J connectivity index is 1.77. The molecule has 2 heterocycles. The second kappa shape index (κ2) is 4.33. The normalized spacial score (nSPS) is 23.0. The van der Waals surface area contributed by atoms with Crippen LogP contribution in [0.2, 0.25) is 0 Å². The molecule has 0 N–H and O–H groups in total. The van der Waals surface area contributed by atoms with Gasteiger partial charge in [-0.1, -0.05) is 30.3 Å². The number of fused-ring (bicyclic) bond motifs is 1. The van der Waals surface area contributed by atoms with E-state index >= 15 is 0 Å². The van der Waals surface area contributed by atoms with Crippen LogP contribution in [-0.2, 0) is 5.21 Å². The molecule has 6 heteroatoms. The standard InChI is InChI=1S/C15H13B2N3O/c16-15(17)8-11(9-4-2-1-3-5-9)20-14(15)18-13(19-20)12(21)10-6-7-10/h1-5,10-11H,6-8H2. The molecule has 0 bridgehead atoms. The second-order valence-corrected chi connectivity index (χ2v) is 6.01. The van der Waals surface area contributed by atoms with Gasteiger partial charge in [-0.05, 0) is 30.0 Å². The van der Waals surface area contributed by atoms with Gasteiger partial charge in [-0.2, -0.15) is 0 Å². The first-order chi connectivity index (χ1) is 10.1. The van der Waals surface area contributed by atoms with Crippen LogP contribution in [0.5, 0.6) is 0 Å². The van der Waals surface area contributed by atoms with Gasteiger partial charge in [0, 0.05) is 5.92 Å². The van der Waals surface area contributed by atoms with E-state index in [1.807, 2.05) is 30.3 Å². The van der Waals surface area contributed by atoms with Gasteiger partial charge in [0.2, 0.25) is 11.6 Å². The van der Waals surface area contributed by atoms with Gasteiger partial charge in [-0.15, -0.1) is 5.10 Å². The first-order valence-corrected chi connectivity index (χ1v) is 7.20. The van der Waals surface area contributed by atoms with Gasteiger partial charge in [0.05, 0.1) is 21.7 Å². The number of carbonyl (C=O) groups excluding carboxylic acids is 1. The quantitative estimate of drug-likeness (QED) is 0.626. The fourth-order valence-electron chi connectivity index (χ4n) is 2.92. The largest absolute Gasteiger partial charge is 0.290 e. The lowest BCUT2D eigenvalue weighted by Gasteiger charge is -2.17. The number of hydrogen-bond donors (Lipinski definition) is 0. The van der Waals surface area contributed by atoms with Crippen molar-refractivity contribution >= 4 is 21.5 Å². The summed E-state index contributed by atoms with van der Waals surface area (Å²) in [4.78, 5) is 16.5. The third-order valence-electron chi connectivity index (χ3n) is 4.23. The summed E-state index contributed by atoms with van der Waals surface area (Å²) in [6.45, 7) is 0. The monoisotopic (exact) mass is 273 g/mol. The SMILES string of the molecule is [B]C1([B])CC(c2ccccc2)n2nc(C(=O)C3CC3)nc21. The number of ketones is 1. The summed E-state index contributed by atoms with van der Waals surface area (Å²) in [7, 11) is 12.3. The van der Waals surface area contributed by atoms with E-state index in [-0.39, 0.29) is 23.6 Å². The van der Waals surface area contributed by atoms with E-state index in [0.717, 1.165) is 18.4 Å². The molecule has 1 atom stereocenters. The van der Waals surface area contributed by atoms with Crippen LogP contribution in [0.1, 0.15) is 47.3 Å². The predicted molar refractivity (Wildman–Crippen MR) is 79.5 cm³/mol. The van der Waals surface area contributed by atoms with Gasteiger partial charge in [-0.25, -0.2) is 9.67 Å². The average molecular weight is 273 g/mol. The summed E-state index contributed by atoms with van der Waals surface area (Å²) >= 11 is 0. The summed E-state index contributed by atoms with van der Waals surface area (Å²) in [5.74, 6) is 0.863. The minimum atomic E-state index is -1.05. The summed E-state index contributed by atoms with van der Waals surface area (Å²) in [6, 6.07) is 9.86. The first-order valence-electron chi connectivity index (χ1n) is 7.20. The Bertz CT molecular complexity index is 707.